The van der Waals surface area contributed by atoms with Crippen molar-refractivity contribution in [2.45, 2.75) is 17.3 Å². The summed E-state index contributed by atoms with van der Waals surface area (Å²) >= 11 is 2.37. The fourth-order valence-corrected chi connectivity index (χ4v) is 0.594. The molecule has 0 fully saturated rings. The highest BCUT2D eigenvalue weighted by Gasteiger charge is 1.90. The van der Waals surface area contributed by atoms with E-state index in [9.17, 15) is 0 Å². The van der Waals surface area contributed by atoms with Crippen molar-refractivity contribution in [3.8, 4) is 0 Å². The molecule has 0 amide bonds. The van der Waals surface area contributed by atoms with Gasteiger partial charge in [-0.25, -0.2) is 0 Å². The zero-order chi connectivity index (χ0) is 5.70. The molecule has 0 aliphatic heterocycles. The van der Waals surface area contributed by atoms with Crippen LogP contribution in [0, 0.1) is 0 Å². The Kier molecular flexibility index (Phi) is 5.25. The third-order valence-corrected chi connectivity index (χ3v) is 1.31. The first kappa shape index (κ1) is 7.65. The van der Waals surface area contributed by atoms with Gasteiger partial charge in [-0.1, -0.05) is 29.5 Å². The van der Waals surface area contributed by atoms with Gasteiger partial charge >= 0.3 is 0 Å². The molecule has 0 heterocycles. The lowest BCUT2D eigenvalue weighted by Crippen LogP contribution is -2.24. The molecule has 0 bridgehead atoms. The van der Waals surface area contributed by atoms with Crippen LogP contribution in [-0.2, 0) is 0 Å². The maximum absolute atomic E-state index is 5.02. The minimum absolute atomic E-state index is 0.730. The van der Waals surface area contributed by atoms with Crippen LogP contribution in [-0.4, -0.2) is 10.5 Å². The van der Waals surface area contributed by atoms with E-state index in [4.69, 9.17) is 5.84 Å². The second-order valence-electron chi connectivity index (χ2n) is 1.52. The minimum atomic E-state index is 0.730. The average Bonchev–Trinajstić information content (AvgIpc) is 1.61. The van der Waals surface area contributed by atoms with Crippen LogP contribution in [0.3, 0.4) is 0 Å². The highest BCUT2D eigenvalue weighted by Crippen LogP contribution is 2.00. The Labute approximate surface area is 58.0 Å². The summed E-state index contributed by atoms with van der Waals surface area (Å²) in [6.07, 6.45) is 1.15. The van der Waals surface area contributed by atoms with Gasteiger partial charge in [-0.2, -0.15) is 0 Å². The number of halogens is 1. The standard InChI is InChI=1S/C4H11IN2/c1-4(5)2-3-7-6/h4,7H,2-3,6H2,1H3. The number of hydrogen-bond acceptors (Lipinski definition) is 2. The Morgan fingerprint density at radius 1 is 1.86 bits per heavy atom. The molecule has 0 saturated heterocycles. The quantitative estimate of drug-likeness (QED) is 0.313. The summed E-state index contributed by atoms with van der Waals surface area (Å²) in [5, 5.41) is 0. The van der Waals surface area contributed by atoms with Crippen LogP contribution in [0.25, 0.3) is 0 Å². The van der Waals surface area contributed by atoms with Gasteiger partial charge in [0.2, 0.25) is 0 Å². The third-order valence-electron chi connectivity index (χ3n) is 0.686. The molecule has 3 N–H and O–H groups in total. The summed E-state index contributed by atoms with van der Waals surface area (Å²) in [4.78, 5) is 0. The zero-order valence-corrected chi connectivity index (χ0v) is 6.60. The second kappa shape index (κ2) is 4.80. The second-order valence-corrected chi connectivity index (χ2v) is 3.65. The molecule has 0 aromatic carbocycles. The van der Waals surface area contributed by atoms with Crippen LogP contribution in [0.1, 0.15) is 13.3 Å². The van der Waals surface area contributed by atoms with Crippen molar-refractivity contribution in [2.24, 2.45) is 5.84 Å². The Morgan fingerprint density at radius 3 is 2.57 bits per heavy atom. The number of hydrazine groups is 1. The fraction of sp³-hybridized carbons (Fsp3) is 1.00. The SMILES string of the molecule is CC(I)CCNN. The van der Waals surface area contributed by atoms with E-state index in [-0.39, 0.29) is 0 Å². The molecule has 3 heteroatoms. The molecule has 1 unspecified atom stereocenters. The molecule has 2 nitrogen and oxygen atoms in total. The summed E-state index contributed by atoms with van der Waals surface area (Å²) in [6, 6.07) is 0. The Hall–Kier alpha value is 0.650. The van der Waals surface area contributed by atoms with Gasteiger partial charge < -0.3 is 0 Å². The van der Waals surface area contributed by atoms with E-state index in [0.29, 0.717) is 0 Å². The third kappa shape index (κ3) is 6.65. The fourth-order valence-electron chi connectivity index (χ4n) is 0.282. The normalized spacial score (nSPS) is 14.1. The molecule has 0 radical (unpaired) electrons. The van der Waals surface area contributed by atoms with E-state index in [0.717, 1.165) is 16.9 Å². The van der Waals surface area contributed by atoms with Crippen LogP contribution >= 0.6 is 22.6 Å². The molecule has 44 valence electrons. The van der Waals surface area contributed by atoms with Crippen LogP contribution in [0.4, 0.5) is 0 Å². The van der Waals surface area contributed by atoms with E-state index in [2.05, 4.69) is 34.9 Å². The van der Waals surface area contributed by atoms with Gasteiger partial charge in [-0.3, -0.25) is 11.3 Å². The molecular formula is C4H11IN2. The van der Waals surface area contributed by atoms with Crippen molar-refractivity contribution in [1.29, 1.82) is 0 Å². The summed E-state index contributed by atoms with van der Waals surface area (Å²) in [5.41, 5.74) is 2.59. The van der Waals surface area contributed by atoms with Crippen LogP contribution in [0.15, 0.2) is 0 Å². The Bertz CT molecular complexity index is 38.7. The van der Waals surface area contributed by atoms with Crippen molar-refractivity contribution < 1.29 is 0 Å². The van der Waals surface area contributed by atoms with Gasteiger partial charge in [-0.15, -0.1) is 0 Å². The largest absolute Gasteiger partial charge is 0.271 e. The monoisotopic (exact) mass is 214 g/mol. The molecule has 0 saturated carbocycles. The molecule has 7 heavy (non-hydrogen) atoms. The van der Waals surface area contributed by atoms with Gasteiger partial charge in [0.1, 0.15) is 0 Å². The van der Waals surface area contributed by atoms with E-state index in [1.807, 2.05) is 0 Å². The predicted molar refractivity (Wildman–Crippen MR) is 40.3 cm³/mol. The molecule has 0 aliphatic carbocycles. The van der Waals surface area contributed by atoms with Crippen LogP contribution in [0.2, 0.25) is 0 Å². The van der Waals surface area contributed by atoms with E-state index in [1.165, 1.54) is 0 Å². The topological polar surface area (TPSA) is 38.0 Å². The number of nitrogens with two attached hydrogens (primary N) is 1. The van der Waals surface area contributed by atoms with Gasteiger partial charge in [0.05, 0.1) is 0 Å². The number of nitrogens with one attached hydrogen (secondary N) is 1. The van der Waals surface area contributed by atoms with Crippen molar-refractivity contribution in [3.05, 3.63) is 0 Å². The first-order chi connectivity index (χ1) is 3.27. The van der Waals surface area contributed by atoms with Gasteiger partial charge in [0.25, 0.3) is 0 Å². The molecule has 0 spiro atoms. The summed E-state index contributed by atoms with van der Waals surface area (Å²) < 4.78 is 0.730. The molecular weight excluding hydrogens is 203 g/mol. The van der Waals surface area contributed by atoms with E-state index >= 15 is 0 Å². The average molecular weight is 214 g/mol. The van der Waals surface area contributed by atoms with Crippen molar-refractivity contribution in [3.63, 3.8) is 0 Å². The van der Waals surface area contributed by atoms with Gasteiger partial charge in [-0.05, 0) is 6.42 Å². The van der Waals surface area contributed by atoms with Crippen LogP contribution < -0.4 is 11.3 Å². The predicted octanol–water partition coefficient (Wildman–Crippen LogP) is 0.663. The summed E-state index contributed by atoms with van der Waals surface area (Å²) in [5.74, 6) is 5.02. The van der Waals surface area contributed by atoms with E-state index in [1.54, 1.807) is 0 Å². The van der Waals surface area contributed by atoms with Gasteiger partial charge in [0, 0.05) is 10.5 Å². The van der Waals surface area contributed by atoms with E-state index < -0.39 is 0 Å². The lowest BCUT2D eigenvalue weighted by molar-refractivity contribution is 0.686. The van der Waals surface area contributed by atoms with Crippen molar-refractivity contribution in [2.75, 3.05) is 6.54 Å². The molecule has 0 aromatic heterocycles. The number of alkyl halides is 1. The minimum Gasteiger partial charge on any atom is -0.271 e. The number of rotatable bonds is 3. The molecule has 0 aliphatic rings. The summed E-state index contributed by atoms with van der Waals surface area (Å²) in [7, 11) is 0. The molecule has 1 atom stereocenters. The maximum Gasteiger partial charge on any atom is 0.0107 e. The molecule has 0 aromatic rings. The smallest absolute Gasteiger partial charge is 0.0107 e. The van der Waals surface area contributed by atoms with Crippen molar-refractivity contribution >= 4 is 22.6 Å². The zero-order valence-electron chi connectivity index (χ0n) is 4.45. The van der Waals surface area contributed by atoms with Crippen LogP contribution in [0.5, 0.6) is 0 Å². The van der Waals surface area contributed by atoms with Gasteiger partial charge in [0.15, 0.2) is 0 Å². The Morgan fingerprint density at radius 2 is 2.43 bits per heavy atom. The number of hydrogen-bond donors (Lipinski definition) is 2. The lowest BCUT2D eigenvalue weighted by atomic mass is 10.3. The first-order valence-electron chi connectivity index (χ1n) is 2.35. The molecule has 0 rings (SSSR count). The Balaban J connectivity index is 2.68. The summed E-state index contributed by atoms with van der Waals surface area (Å²) in [6.45, 7) is 3.09. The highest BCUT2D eigenvalue weighted by atomic mass is 127. The maximum atomic E-state index is 5.02. The highest BCUT2D eigenvalue weighted by molar-refractivity contribution is 14.1. The van der Waals surface area contributed by atoms with Crippen molar-refractivity contribution in [1.82, 2.24) is 5.43 Å². The first-order valence-corrected chi connectivity index (χ1v) is 3.59. The lowest BCUT2D eigenvalue weighted by Gasteiger charge is -1.98.